The van der Waals surface area contributed by atoms with Crippen LogP contribution in [0.3, 0.4) is 0 Å². The lowest BCUT2D eigenvalue weighted by Gasteiger charge is -2.36. The van der Waals surface area contributed by atoms with Gasteiger partial charge in [-0.25, -0.2) is 9.78 Å². The van der Waals surface area contributed by atoms with Crippen molar-refractivity contribution in [3.8, 4) is 0 Å². The molecule has 0 spiro atoms. The summed E-state index contributed by atoms with van der Waals surface area (Å²) < 4.78 is 5.41. The molecule has 2 rings (SSSR count). The van der Waals surface area contributed by atoms with E-state index < -0.39 is 5.60 Å². The van der Waals surface area contributed by atoms with E-state index in [1.807, 2.05) is 20.8 Å². The van der Waals surface area contributed by atoms with Crippen molar-refractivity contribution >= 4 is 24.3 Å². The van der Waals surface area contributed by atoms with Crippen molar-refractivity contribution in [1.29, 1.82) is 0 Å². The molecule has 7 nitrogen and oxygen atoms in total. The molecule has 0 aromatic carbocycles. The van der Waals surface area contributed by atoms with E-state index >= 15 is 0 Å². The molecule has 1 aromatic rings. The molecule has 0 atom stereocenters. The second-order valence-corrected chi connectivity index (χ2v) is 6.72. The van der Waals surface area contributed by atoms with Gasteiger partial charge in [0.05, 0.1) is 11.9 Å². The lowest BCUT2D eigenvalue weighted by Crippen LogP contribution is -2.50. The van der Waals surface area contributed by atoms with Crippen LogP contribution in [0.15, 0.2) is 12.4 Å². The molecule has 1 aliphatic rings. The number of piperazine rings is 1. The van der Waals surface area contributed by atoms with E-state index in [9.17, 15) is 4.79 Å². The van der Waals surface area contributed by atoms with Crippen LogP contribution in [0.2, 0.25) is 0 Å². The van der Waals surface area contributed by atoms with Gasteiger partial charge in [-0.3, -0.25) is 4.98 Å². The molecule has 8 heteroatoms. The summed E-state index contributed by atoms with van der Waals surface area (Å²) in [5, 5.41) is 0. The van der Waals surface area contributed by atoms with Gasteiger partial charge in [0.2, 0.25) is 0 Å². The summed E-state index contributed by atoms with van der Waals surface area (Å²) in [6.07, 6.45) is 5.06. The Labute approximate surface area is 150 Å². The summed E-state index contributed by atoms with van der Waals surface area (Å²) in [6, 6.07) is 0. The van der Waals surface area contributed by atoms with Gasteiger partial charge in [-0.2, -0.15) is 0 Å². The number of rotatable bonds is 4. The number of carbonyl (C=O) groups is 1. The average Bonchev–Trinajstić information content (AvgIpc) is 2.52. The van der Waals surface area contributed by atoms with Crippen molar-refractivity contribution in [1.82, 2.24) is 14.9 Å². The Morgan fingerprint density at radius 2 is 1.92 bits per heavy atom. The van der Waals surface area contributed by atoms with Crippen molar-refractivity contribution in [3.63, 3.8) is 0 Å². The first-order chi connectivity index (χ1) is 10.9. The zero-order chi connectivity index (χ0) is 16.9. The predicted molar refractivity (Wildman–Crippen MR) is 96.7 cm³/mol. The molecule has 0 unspecified atom stereocenters. The maximum absolute atomic E-state index is 12.1. The van der Waals surface area contributed by atoms with Gasteiger partial charge in [0.15, 0.2) is 0 Å². The van der Waals surface area contributed by atoms with Crippen molar-refractivity contribution < 1.29 is 9.53 Å². The molecule has 1 fully saturated rings. The number of ether oxygens (including phenoxy) is 1. The number of anilines is 1. The molecular weight excluding hydrogens is 330 g/mol. The van der Waals surface area contributed by atoms with E-state index in [1.54, 1.807) is 17.3 Å². The number of hydrogen-bond donors (Lipinski definition) is 1. The fraction of sp³-hybridized carbons (Fsp3) is 0.688. The second-order valence-electron chi connectivity index (χ2n) is 6.72. The zero-order valence-corrected chi connectivity index (χ0v) is 15.5. The molecular formula is C16H28ClN5O2. The third kappa shape index (κ3) is 6.13. The third-order valence-electron chi connectivity index (χ3n) is 3.56. The van der Waals surface area contributed by atoms with Crippen molar-refractivity contribution in [2.24, 2.45) is 5.73 Å². The van der Waals surface area contributed by atoms with Crippen LogP contribution >= 0.6 is 12.4 Å². The Kier molecular flexibility index (Phi) is 7.69. The molecule has 1 aliphatic heterocycles. The average molecular weight is 358 g/mol. The molecule has 136 valence electrons. The van der Waals surface area contributed by atoms with Gasteiger partial charge < -0.3 is 20.3 Å². The Bertz CT molecular complexity index is 527. The zero-order valence-electron chi connectivity index (χ0n) is 14.7. The Morgan fingerprint density at radius 1 is 1.25 bits per heavy atom. The van der Waals surface area contributed by atoms with Crippen LogP contribution in [-0.2, 0) is 11.2 Å². The molecule has 1 saturated heterocycles. The second kappa shape index (κ2) is 9.03. The molecule has 0 bridgehead atoms. The molecule has 1 aromatic heterocycles. The van der Waals surface area contributed by atoms with Crippen LogP contribution < -0.4 is 10.6 Å². The van der Waals surface area contributed by atoms with Crippen molar-refractivity contribution in [2.75, 3.05) is 37.6 Å². The minimum atomic E-state index is -0.461. The van der Waals surface area contributed by atoms with Crippen LogP contribution in [0.4, 0.5) is 10.6 Å². The number of hydrogen-bond acceptors (Lipinski definition) is 6. The van der Waals surface area contributed by atoms with E-state index in [2.05, 4.69) is 14.9 Å². The van der Waals surface area contributed by atoms with Gasteiger partial charge in [-0.05, 0) is 40.2 Å². The first kappa shape index (κ1) is 20.4. The highest BCUT2D eigenvalue weighted by Crippen LogP contribution is 2.16. The van der Waals surface area contributed by atoms with E-state index in [1.165, 1.54) is 0 Å². The fourth-order valence-corrected chi connectivity index (χ4v) is 2.40. The summed E-state index contributed by atoms with van der Waals surface area (Å²) in [7, 11) is 0. The van der Waals surface area contributed by atoms with Crippen LogP contribution in [-0.4, -0.2) is 59.3 Å². The van der Waals surface area contributed by atoms with Crippen LogP contribution in [0.25, 0.3) is 0 Å². The van der Waals surface area contributed by atoms with Crippen LogP contribution in [0.5, 0.6) is 0 Å². The van der Waals surface area contributed by atoms with Gasteiger partial charge in [-0.15, -0.1) is 12.4 Å². The summed E-state index contributed by atoms with van der Waals surface area (Å²) in [5.74, 6) is 0.864. The smallest absolute Gasteiger partial charge is 0.410 e. The number of halogens is 1. The highest BCUT2D eigenvalue weighted by atomic mass is 35.5. The van der Waals surface area contributed by atoms with E-state index in [4.69, 9.17) is 10.5 Å². The Morgan fingerprint density at radius 3 is 2.50 bits per heavy atom. The number of amides is 1. The highest BCUT2D eigenvalue weighted by molar-refractivity contribution is 5.85. The van der Waals surface area contributed by atoms with Crippen LogP contribution in [0, 0.1) is 0 Å². The minimum Gasteiger partial charge on any atom is -0.444 e. The van der Waals surface area contributed by atoms with E-state index in [0.717, 1.165) is 37.4 Å². The van der Waals surface area contributed by atoms with Gasteiger partial charge in [0.1, 0.15) is 11.4 Å². The van der Waals surface area contributed by atoms with Gasteiger partial charge in [-0.1, -0.05) is 0 Å². The monoisotopic (exact) mass is 357 g/mol. The fourth-order valence-electron chi connectivity index (χ4n) is 2.40. The first-order valence-electron chi connectivity index (χ1n) is 8.13. The topological polar surface area (TPSA) is 84.6 Å². The van der Waals surface area contributed by atoms with Crippen LogP contribution in [0.1, 0.15) is 32.9 Å². The highest BCUT2D eigenvalue weighted by Gasteiger charge is 2.26. The normalized spacial score (nSPS) is 15.0. The SMILES string of the molecule is CC(C)(C)OC(=O)N1CCN(c2cncc(CCCN)n2)CC1.Cl. The lowest BCUT2D eigenvalue weighted by molar-refractivity contribution is 0.0240. The van der Waals surface area contributed by atoms with E-state index in [0.29, 0.717) is 19.6 Å². The number of nitrogens with two attached hydrogens (primary N) is 1. The minimum absolute atomic E-state index is 0. The number of aryl methyl sites for hydroxylation is 1. The maximum atomic E-state index is 12.1. The molecule has 0 aliphatic carbocycles. The standard InChI is InChI=1S/C16H27N5O2.ClH/c1-16(2,3)23-15(22)21-9-7-20(8-10-21)14-12-18-11-13(19-14)5-4-6-17;/h11-12H,4-10,17H2,1-3H3;1H. The number of nitrogens with zero attached hydrogens (tertiary/aromatic N) is 4. The molecule has 0 saturated carbocycles. The molecule has 0 radical (unpaired) electrons. The molecule has 2 N–H and O–H groups in total. The lowest BCUT2D eigenvalue weighted by atomic mass is 10.2. The van der Waals surface area contributed by atoms with Gasteiger partial charge >= 0.3 is 6.09 Å². The molecule has 2 heterocycles. The van der Waals surface area contributed by atoms with Crippen molar-refractivity contribution in [3.05, 3.63) is 18.1 Å². The summed E-state index contributed by atoms with van der Waals surface area (Å²) >= 11 is 0. The Balaban J connectivity index is 0.00000288. The molecule has 1 amide bonds. The molecule has 24 heavy (non-hydrogen) atoms. The van der Waals surface area contributed by atoms with E-state index in [-0.39, 0.29) is 18.5 Å². The maximum Gasteiger partial charge on any atom is 0.410 e. The first-order valence-corrected chi connectivity index (χ1v) is 8.13. The summed E-state index contributed by atoms with van der Waals surface area (Å²) in [6.45, 7) is 9.01. The summed E-state index contributed by atoms with van der Waals surface area (Å²) in [5.41, 5.74) is 6.04. The van der Waals surface area contributed by atoms with Gasteiger partial charge in [0.25, 0.3) is 0 Å². The Hall–Kier alpha value is -1.60. The van der Waals surface area contributed by atoms with Crippen molar-refractivity contribution in [2.45, 2.75) is 39.2 Å². The number of carbonyl (C=O) groups excluding carboxylic acids is 1. The largest absolute Gasteiger partial charge is 0.444 e. The quantitative estimate of drug-likeness (QED) is 0.885. The number of aromatic nitrogens is 2. The third-order valence-corrected chi connectivity index (χ3v) is 3.56. The van der Waals surface area contributed by atoms with Gasteiger partial charge in [0, 0.05) is 32.4 Å². The summed E-state index contributed by atoms with van der Waals surface area (Å²) in [4.78, 5) is 24.9. The predicted octanol–water partition coefficient (Wildman–Crippen LogP) is 1.85.